The van der Waals surface area contributed by atoms with Crippen molar-refractivity contribution in [2.24, 2.45) is 0 Å². The molecule has 0 saturated heterocycles. The molecule has 0 heterocycles. The number of rotatable bonds is 52. The summed E-state index contributed by atoms with van der Waals surface area (Å²) in [4.78, 5) is 38.0. The fraction of sp³-hybridized carbons (Fsp3) is 0.847. The van der Waals surface area contributed by atoms with Crippen LogP contribution in [0.2, 0.25) is 0 Å². The molecule has 1 atom stereocenters. The minimum Gasteiger partial charge on any atom is -0.462 e. The number of carbonyl (C=O) groups is 3. The van der Waals surface area contributed by atoms with Crippen molar-refractivity contribution in [1.29, 1.82) is 0 Å². The van der Waals surface area contributed by atoms with E-state index in [-0.39, 0.29) is 37.5 Å². The average Bonchev–Trinajstić information content (AvgIpc) is 3.30. The van der Waals surface area contributed by atoms with E-state index in [1.54, 1.807) is 0 Å². The largest absolute Gasteiger partial charge is 0.462 e. The zero-order valence-electron chi connectivity index (χ0n) is 43.5. The maximum absolute atomic E-state index is 12.8. The van der Waals surface area contributed by atoms with Gasteiger partial charge >= 0.3 is 17.9 Å². The first kappa shape index (κ1) is 62.6. The molecular weight excluding hydrogens is 805 g/mol. The highest BCUT2D eigenvalue weighted by atomic mass is 16.6. The molecule has 0 aromatic rings. The second-order valence-electron chi connectivity index (χ2n) is 19.2. The van der Waals surface area contributed by atoms with Crippen LogP contribution in [0, 0.1) is 0 Å². The van der Waals surface area contributed by atoms with Crippen molar-refractivity contribution in [2.45, 2.75) is 309 Å². The number of esters is 3. The standard InChI is InChI=1S/C59H108O6/c1-4-7-10-13-16-19-22-25-27-28-29-30-32-34-37-40-43-46-49-52-58(61)64-55-56(54-63-57(60)51-48-45-42-39-36-33-24-21-18-15-12-9-6-3)65-59(62)53-50-47-44-41-38-35-31-26-23-20-17-14-11-8-5-2/h20,23,33,36,42,45,56H,4-19,21-22,24-32,34-35,37-41,43-44,46-55H2,1-3H3/b23-20+,36-33+,45-42+. The van der Waals surface area contributed by atoms with Crippen molar-refractivity contribution in [2.75, 3.05) is 13.2 Å². The molecular formula is C59H108O6. The third kappa shape index (κ3) is 52.5. The van der Waals surface area contributed by atoms with Gasteiger partial charge in [-0.3, -0.25) is 14.4 Å². The summed E-state index contributed by atoms with van der Waals surface area (Å²) >= 11 is 0. The smallest absolute Gasteiger partial charge is 0.306 e. The van der Waals surface area contributed by atoms with Crippen LogP contribution in [0.1, 0.15) is 303 Å². The lowest BCUT2D eigenvalue weighted by atomic mass is 10.0. The molecule has 6 nitrogen and oxygen atoms in total. The molecule has 6 heteroatoms. The summed E-state index contributed by atoms with van der Waals surface area (Å²) in [6.45, 7) is 6.60. The first-order chi connectivity index (χ1) is 32.0. The van der Waals surface area contributed by atoms with Gasteiger partial charge in [0.15, 0.2) is 6.10 Å². The van der Waals surface area contributed by atoms with Gasteiger partial charge in [-0.25, -0.2) is 0 Å². The van der Waals surface area contributed by atoms with E-state index in [1.165, 1.54) is 205 Å². The Hall–Kier alpha value is -2.37. The fourth-order valence-corrected chi connectivity index (χ4v) is 8.32. The van der Waals surface area contributed by atoms with E-state index >= 15 is 0 Å². The Bertz CT molecular complexity index is 1090. The van der Waals surface area contributed by atoms with Gasteiger partial charge in [0.1, 0.15) is 13.2 Å². The molecule has 0 N–H and O–H groups in total. The van der Waals surface area contributed by atoms with E-state index in [0.29, 0.717) is 19.3 Å². The van der Waals surface area contributed by atoms with Crippen LogP contribution < -0.4 is 0 Å². The topological polar surface area (TPSA) is 78.9 Å². The van der Waals surface area contributed by atoms with Crippen LogP contribution in [-0.4, -0.2) is 37.2 Å². The number of ether oxygens (including phenoxy) is 3. The van der Waals surface area contributed by atoms with Gasteiger partial charge in [-0.2, -0.15) is 0 Å². The Kier molecular flexibility index (Phi) is 52.3. The van der Waals surface area contributed by atoms with Crippen LogP contribution in [0.15, 0.2) is 36.5 Å². The van der Waals surface area contributed by atoms with Crippen LogP contribution in [0.5, 0.6) is 0 Å². The van der Waals surface area contributed by atoms with Crippen molar-refractivity contribution >= 4 is 17.9 Å². The van der Waals surface area contributed by atoms with Crippen LogP contribution in [0.4, 0.5) is 0 Å². The van der Waals surface area contributed by atoms with Gasteiger partial charge in [0.05, 0.1) is 0 Å². The minimum absolute atomic E-state index is 0.0873. The van der Waals surface area contributed by atoms with E-state index in [4.69, 9.17) is 14.2 Å². The Morgan fingerprint density at radius 3 is 0.969 bits per heavy atom. The molecule has 65 heavy (non-hydrogen) atoms. The Labute approximate surface area is 404 Å². The molecule has 0 saturated carbocycles. The molecule has 0 aromatic heterocycles. The van der Waals surface area contributed by atoms with E-state index in [0.717, 1.165) is 51.4 Å². The van der Waals surface area contributed by atoms with Gasteiger partial charge in [-0.1, -0.05) is 256 Å². The van der Waals surface area contributed by atoms with Crippen LogP contribution in [0.25, 0.3) is 0 Å². The fourth-order valence-electron chi connectivity index (χ4n) is 8.32. The second-order valence-corrected chi connectivity index (χ2v) is 19.2. The lowest BCUT2D eigenvalue weighted by Gasteiger charge is -2.18. The van der Waals surface area contributed by atoms with Crippen molar-refractivity contribution in [3.63, 3.8) is 0 Å². The molecule has 0 aliphatic carbocycles. The molecule has 0 spiro atoms. The minimum atomic E-state index is -0.793. The molecule has 1 unspecified atom stereocenters. The second kappa shape index (κ2) is 54.2. The third-order valence-electron chi connectivity index (χ3n) is 12.6. The van der Waals surface area contributed by atoms with Gasteiger partial charge < -0.3 is 14.2 Å². The predicted molar refractivity (Wildman–Crippen MR) is 279 cm³/mol. The summed E-state index contributed by atoms with van der Waals surface area (Å²) in [5.74, 6) is -0.947. The maximum atomic E-state index is 12.8. The summed E-state index contributed by atoms with van der Waals surface area (Å²) in [5.41, 5.74) is 0. The van der Waals surface area contributed by atoms with Gasteiger partial charge in [0, 0.05) is 19.3 Å². The van der Waals surface area contributed by atoms with Crippen LogP contribution >= 0.6 is 0 Å². The molecule has 0 amide bonds. The molecule has 380 valence electrons. The lowest BCUT2D eigenvalue weighted by molar-refractivity contribution is -0.166. The highest BCUT2D eigenvalue weighted by Gasteiger charge is 2.19. The summed E-state index contributed by atoms with van der Waals surface area (Å²) in [6.07, 6.45) is 64.3. The Balaban J connectivity index is 4.35. The summed E-state index contributed by atoms with van der Waals surface area (Å²) < 4.78 is 16.8. The molecule has 0 bridgehead atoms. The Morgan fingerprint density at radius 1 is 0.308 bits per heavy atom. The molecule has 0 fully saturated rings. The number of allylic oxidation sites excluding steroid dienone is 6. The summed E-state index contributed by atoms with van der Waals surface area (Å²) in [7, 11) is 0. The average molecular weight is 914 g/mol. The van der Waals surface area contributed by atoms with E-state index < -0.39 is 6.10 Å². The summed E-state index contributed by atoms with van der Waals surface area (Å²) in [6, 6.07) is 0. The summed E-state index contributed by atoms with van der Waals surface area (Å²) in [5, 5.41) is 0. The molecule has 0 rings (SSSR count). The van der Waals surface area contributed by atoms with Gasteiger partial charge in [0.25, 0.3) is 0 Å². The highest BCUT2D eigenvalue weighted by molar-refractivity contribution is 5.71. The lowest BCUT2D eigenvalue weighted by Crippen LogP contribution is -2.30. The van der Waals surface area contributed by atoms with Gasteiger partial charge in [-0.05, 0) is 64.2 Å². The highest BCUT2D eigenvalue weighted by Crippen LogP contribution is 2.16. The SMILES string of the molecule is CCCCCC/C=C/CCCCCCCCCC(=O)OC(COC(=O)CC/C=C/C/C=C/CCCCCCCC)COC(=O)CCCCCCCCCCCCCCCCCCCCC. The molecule has 0 aromatic carbocycles. The van der Waals surface area contributed by atoms with Crippen molar-refractivity contribution in [1.82, 2.24) is 0 Å². The van der Waals surface area contributed by atoms with Gasteiger partial charge in [0.2, 0.25) is 0 Å². The normalized spacial score (nSPS) is 12.2. The molecule has 0 aliphatic rings. The first-order valence-electron chi connectivity index (χ1n) is 28.5. The maximum Gasteiger partial charge on any atom is 0.306 e. The van der Waals surface area contributed by atoms with E-state index in [2.05, 4.69) is 51.2 Å². The Morgan fingerprint density at radius 2 is 0.585 bits per heavy atom. The van der Waals surface area contributed by atoms with E-state index in [1.807, 2.05) is 6.08 Å². The first-order valence-corrected chi connectivity index (χ1v) is 28.5. The monoisotopic (exact) mass is 913 g/mol. The van der Waals surface area contributed by atoms with Crippen molar-refractivity contribution in [3.05, 3.63) is 36.5 Å². The number of unbranched alkanes of at least 4 members (excludes halogenated alkanes) is 35. The van der Waals surface area contributed by atoms with Crippen molar-refractivity contribution in [3.8, 4) is 0 Å². The van der Waals surface area contributed by atoms with Gasteiger partial charge in [-0.15, -0.1) is 0 Å². The predicted octanol–water partition coefficient (Wildman–Crippen LogP) is 18.9. The number of hydrogen-bond donors (Lipinski definition) is 0. The van der Waals surface area contributed by atoms with Crippen LogP contribution in [-0.2, 0) is 28.6 Å². The molecule has 0 radical (unpaired) electrons. The molecule has 0 aliphatic heterocycles. The quantitative estimate of drug-likeness (QED) is 0.0262. The van der Waals surface area contributed by atoms with E-state index in [9.17, 15) is 14.4 Å². The van der Waals surface area contributed by atoms with Crippen molar-refractivity contribution < 1.29 is 28.6 Å². The third-order valence-corrected chi connectivity index (χ3v) is 12.6. The zero-order valence-corrected chi connectivity index (χ0v) is 43.5. The van der Waals surface area contributed by atoms with Crippen LogP contribution in [0.3, 0.4) is 0 Å². The number of hydrogen-bond acceptors (Lipinski definition) is 6. The number of carbonyl (C=O) groups excluding carboxylic acids is 3. The zero-order chi connectivity index (χ0) is 47.2.